The Kier molecular flexibility index (Phi) is 3.36. The largest absolute Gasteiger partial charge is 0.480 e. The molecule has 9 heteroatoms. The van der Waals surface area contributed by atoms with Gasteiger partial charge in [0, 0.05) is 11.8 Å². The second-order valence-corrected chi connectivity index (χ2v) is 5.78. The lowest BCUT2D eigenvalue weighted by Crippen LogP contribution is -2.30. The van der Waals surface area contributed by atoms with Crippen molar-refractivity contribution in [3.63, 3.8) is 0 Å². The molecule has 0 aromatic carbocycles. The SMILES string of the molecule is CC(C)c1nn(CC(=O)O)c(=O)c2c(NO)c(C3CC3)nn12. The minimum absolute atomic E-state index is 0.0679. The van der Waals surface area contributed by atoms with Gasteiger partial charge in [0.15, 0.2) is 11.3 Å². The van der Waals surface area contributed by atoms with Crippen LogP contribution < -0.4 is 11.0 Å². The van der Waals surface area contributed by atoms with E-state index in [0.717, 1.165) is 17.5 Å². The van der Waals surface area contributed by atoms with Gasteiger partial charge in [-0.25, -0.2) is 9.20 Å². The number of hydrogen-bond acceptors (Lipinski definition) is 6. The van der Waals surface area contributed by atoms with Gasteiger partial charge < -0.3 is 5.11 Å². The fourth-order valence-corrected chi connectivity index (χ4v) is 2.48. The van der Waals surface area contributed by atoms with E-state index >= 15 is 0 Å². The van der Waals surface area contributed by atoms with Crippen LogP contribution >= 0.6 is 0 Å². The van der Waals surface area contributed by atoms with E-state index in [1.807, 2.05) is 13.8 Å². The zero-order valence-electron chi connectivity index (χ0n) is 12.3. The molecular weight excluding hydrogens is 290 g/mol. The molecule has 0 amide bonds. The number of carboxylic acid groups (broad SMARTS) is 1. The molecule has 0 radical (unpaired) electrons. The molecule has 0 spiro atoms. The van der Waals surface area contributed by atoms with Crippen LogP contribution in [0.15, 0.2) is 4.79 Å². The molecule has 0 atom stereocenters. The number of carboxylic acids is 1. The highest BCUT2D eigenvalue weighted by molar-refractivity contribution is 5.74. The van der Waals surface area contributed by atoms with Crippen molar-refractivity contribution in [1.82, 2.24) is 19.4 Å². The van der Waals surface area contributed by atoms with Gasteiger partial charge in [0.05, 0.1) is 5.69 Å². The minimum Gasteiger partial charge on any atom is -0.480 e. The zero-order chi connectivity index (χ0) is 16.0. The number of nitrogens with one attached hydrogen (secondary N) is 1. The van der Waals surface area contributed by atoms with E-state index in [1.165, 1.54) is 4.52 Å². The summed E-state index contributed by atoms with van der Waals surface area (Å²) in [5.41, 5.74) is 2.46. The van der Waals surface area contributed by atoms with Gasteiger partial charge in [0.25, 0.3) is 5.56 Å². The molecule has 0 bridgehead atoms. The third kappa shape index (κ3) is 2.23. The molecule has 0 unspecified atom stereocenters. The van der Waals surface area contributed by atoms with Crippen molar-refractivity contribution in [3.05, 3.63) is 21.9 Å². The summed E-state index contributed by atoms with van der Waals surface area (Å²) in [6.07, 6.45) is 1.90. The first-order chi connectivity index (χ1) is 10.4. The summed E-state index contributed by atoms with van der Waals surface area (Å²) in [6, 6.07) is 0. The predicted octanol–water partition coefficient (Wildman–Crippen LogP) is 0.777. The highest BCUT2D eigenvalue weighted by Gasteiger charge is 2.32. The van der Waals surface area contributed by atoms with Crippen molar-refractivity contribution >= 4 is 17.2 Å². The van der Waals surface area contributed by atoms with E-state index in [-0.39, 0.29) is 23.0 Å². The summed E-state index contributed by atoms with van der Waals surface area (Å²) in [7, 11) is 0. The quantitative estimate of drug-likeness (QED) is 0.698. The van der Waals surface area contributed by atoms with Crippen LogP contribution in [-0.4, -0.2) is 35.7 Å². The number of anilines is 1. The highest BCUT2D eigenvalue weighted by Crippen LogP contribution is 2.43. The van der Waals surface area contributed by atoms with Crippen molar-refractivity contribution < 1.29 is 15.1 Å². The molecule has 2 aromatic heterocycles. The Morgan fingerprint density at radius 3 is 2.59 bits per heavy atom. The van der Waals surface area contributed by atoms with Gasteiger partial charge in [-0.05, 0) is 12.8 Å². The molecule has 1 aliphatic rings. The molecule has 2 aromatic rings. The van der Waals surface area contributed by atoms with Crippen LogP contribution in [0.2, 0.25) is 0 Å². The van der Waals surface area contributed by atoms with E-state index in [1.54, 1.807) is 0 Å². The first-order valence-corrected chi connectivity index (χ1v) is 7.09. The Bertz CT molecular complexity index is 803. The molecule has 2 heterocycles. The zero-order valence-corrected chi connectivity index (χ0v) is 12.3. The van der Waals surface area contributed by atoms with Crippen LogP contribution in [0.4, 0.5) is 5.69 Å². The number of fused-ring (bicyclic) bond motifs is 1. The summed E-state index contributed by atoms with van der Waals surface area (Å²) in [5, 5.41) is 26.9. The Hall–Kier alpha value is -2.42. The molecule has 22 heavy (non-hydrogen) atoms. The van der Waals surface area contributed by atoms with Crippen LogP contribution in [0.5, 0.6) is 0 Å². The maximum Gasteiger partial charge on any atom is 0.325 e. The van der Waals surface area contributed by atoms with Gasteiger partial charge in [-0.1, -0.05) is 13.8 Å². The molecule has 1 saturated carbocycles. The van der Waals surface area contributed by atoms with Crippen LogP contribution in [0.25, 0.3) is 5.52 Å². The molecule has 3 N–H and O–H groups in total. The maximum absolute atomic E-state index is 12.5. The van der Waals surface area contributed by atoms with E-state index in [2.05, 4.69) is 15.7 Å². The molecule has 9 nitrogen and oxygen atoms in total. The number of hydrogen-bond donors (Lipinski definition) is 3. The molecule has 1 aliphatic carbocycles. The van der Waals surface area contributed by atoms with E-state index in [9.17, 15) is 14.8 Å². The van der Waals surface area contributed by atoms with Crippen molar-refractivity contribution in [2.45, 2.75) is 45.1 Å². The Balaban J connectivity index is 2.35. The minimum atomic E-state index is -1.16. The van der Waals surface area contributed by atoms with Gasteiger partial charge in [0.2, 0.25) is 0 Å². The van der Waals surface area contributed by atoms with Gasteiger partial charge in [0.1, 0.15) is 12.2 Å². The first-order valence-electron chi connectivity index (χ1n) is 7.09. The van der Waals surface area contributed by atoms with Gasteiger partial charge in [-0.3, -0.25) is 20.3 Å². The van der Waals surface area contributed by atoms with Crippen LogP contribution in [-0.2, 0) is 11.3 Å². The third-order valence-electron chi connectivity index (χ3n) is 3.67. The molecule has 0 saturated heterocycles. The van der Waals surface area contributed by atoms with Crippen LogP contribution in [0.3, 0.4) is 0 Å². The van der Waals surface area contributed by atoms with Gasteiger partial charge in [-0.15, -0.1) is 0 Å². The fraction of sp³-hybridized carbons (Fsp3) is 0.538. The second-order valence-electron chi connectivity index (χ2n) is 5.78. The van der Waals surface area contributed by atoms with Gasteiger partial charge in [-0.2, -0.15) is 10.2 Å². The standard InChI is InChI=1S/C13H17N5O4/c1-6(2)12-15-17(5-8(19)20)13(21)11-10(16-22)9(7-3-4-7)14-18(11)12/h6-7,16,22H,3-5H2,1-2H3,(H,19,20). The highest BCUT2D eigenvalue weighted by atomic mass is 16.5. The first kappa shape index (κ1) is 14.5. The summed E-state index contributed by atoms with van der Waals surface area (Å²) < 4.78 is 2.31. The molecule has 3 rings (SSSR count). The topological polar surface area (TPSA) is 122 Å². The number of carbonyl (C=O) groups is 1. The number of rotatable bonds is 5. The van der Waals surface area contributed by atoms with Crippen molar-refractivity contribution in [2.24, 2.45) is 0 Å². The average Bonchev–Trinajstić information content (AvgIpc) is 3.21. The average molecular weight is 307 g/mol. The summed E-state index contributed by atoms with van der Waals surface area (Å²) in [6.45, 7) is 3.22. The Morgan fingerprint density at radius 1 is 1.41 bits per heavy atom. The lowest BCUT2D eigenvalue weighted by Gasteiger charge is -2.10. The molecular formula is C13H17N5O4. The molecule has 1 fully saturated rings. The third-order valence-corrected chi connectivity index (χ3v) is 3.67. The monoisotopic (exact) mass is 307 g/mol. The Morgan fingerprint density at radius 2 is 2.09 bits per heavy atom. The summed E-state index contributed by atoms with van der Waals surface area (Å²) in [5.74, 6) is -0.545. The number of nitrogens with zero attached hydrogens (tertiary/aromatic N) is 4. The lowest BCUT2D eigenvalue weighted by molar-refractivity contribution is -0.138. The molecule has 0 aliphatic heterocycles. The summed E-state index contributed by atoms with van der Waals surface area (Å²) >= 11 is 0. The Labute approximate surface area is 125 Å². The number of aliphatic carboxylic acids is 1. The second kappa shape index (κ2) is 5.09. The van der Waals surface area contributed by atoms with Crippen molar-refractivity contribution in [3.8, 4) is 0 Å². The van der Waals surface area contributed by atoms with E-state index in [0.29, 0.717) is 11.5 Å². The normalized spacial score (nSPS) is 14.7. The lowest BCUT2D eigenvalue weighted by atomic mass is 10.2. The van der Waals surface area contributed by atoms with Crippen molar-refractivity contribution in [1.29, 1.82) is 0 Å². The summed E-state index contributed by atoms with van der Waals surface area (Å²) in [4.78, 5) is 23.4. The molecule has 118 valence electrons. The van der Waals surface area contributed by atoms with Crippen LogP contribution in [0.1, 0.15) is 50.0 Å². The van der Waals surface area contributed by atoms with Crippen LogP contribution in [0, 0.1) is 0 Å². The van der Waals surface area contributed by atoms with Crippen molar-refractivity contribution in [2.75, 3.05) is 5.48 Å². The van der Waals surface area contributed by atoms with E-state index < -0.39 is 18.1 Å². The smallest absolute Gasteiger partial charge is 0.325 e. The fourth-order valence-electron chi connectivity index (χ4n) is 2.48. The van der Waals surface area contributed by atoms with Gasteiger partial charge >= 0.3 is 5.97 Å². The predicted molar refractivity (Wildman–Crippen MR) is 76.4 cm³/mol. The number of aromatic nitrogens is 4. The maximum atomic E-state index is 12.5. The van der Waals surface area contributed by atoms with E-state index in [4.69, 9.17) is 5.11 Å².